The van der Waals surface area contributed by atoms with Crippen LogP contribution in [0.4, 0.5) is 13.2 Å². The Morgan fingerprint density at radius 2 is 1.90 bits per heavy atom. The van der Waals surface area contributed by atoms with Crippen LogP contribution >= 0.6 is 0 Å². The molecule has 0 amide bonds. The highest BCUT2D eigenvalue weighted by Crippen LogP contribution is 2.34. The second kappa shape index (κ2) is 7.65. The zero-order valence-electron chi connectivity index (χ0n) is 16.5. The third-order valence-electron chi connectivity index (χ3n) is 5.09. The van der Waals surface area contributed by atoms with Crippen LogP contribution in [0.2, 0.25) is 0 Å². The summed E-state index contributed by atoms with van der Waals surface area (Å²) in [5, 5.41) is 3.75. The molecule has 1 aliphatic rings. The van der Waals surface area contributed by atoms with Gasteiger partial charge in [-0.25, -0.2) is 8.42 Å². The van der Waals surface area contributed by atoms with Gasteiger partial charge < -0.3 is 9.26 Å². The summed E-state index contributed by atoms with van der Waals surface area (Å²) < 4.78 is 76.0. The van der Waals surface area contributed by atoms with Crippen LogP contribution in [0.5, 0.6) is 5.75 Å². The van der Waals surface area contributed by atoms with E-state index in [1.807, 2.05) is 0 Å². The summed E-state index contributed by atoms with van der Waals surface area (Å²) in [6.45, 7) is 2.03. The average molecular weight is 453 g/mol. The minimum atomic E-state index is -4.48. The van der Waals surface area contributed by atoms with Crippen molar-refractivity contribution in [3.8, 4) is 17.1 Å². The zero-order valence-corrected chi connectivity index (χ0v) is 17.4. The van der Waals surface area contributed by atoms with E-state index in [-0.39, 0.29) is 41.2 Å². The van der Waals surface area contributed by atoms with Crippen molar-refractivity contribution < 1.29 is 30.8 Å². The lowest BCUT2D eigenvalue weighted by Gasteiger charge is -2.35. The van der Waals surface area contributed by atoms with Gasteiger partial charge in [-0.1, -0.05) is 17.3 Å². The third-order valence-corrected chi connectivity index (χ3v) is 6.92. The molecule has 4 rings (SSSR count). The Bertz CT molecular complexity index is 1220. The minimum Gasteiger partial charge on any atom is -0.496 e. The van der Waals surface area contributed by atoms with E-state index in [9.17, 15) is 21.6 Å². The van der Waals surface area contributed by atoms with Gasteiger partial charge in [-0.3, -0.25) is 0 Å². The number of alkyl halides is 3. The van der Waals surface area contributed by atoms with Crippen molar-refractivity contribution in [1.82, 2.24) is 14.4 Å². The number of halogens is 3. The second-order valence-corrected chi connectivity index (χ2v) is 9.12. The van der Waals surface area contributed by atoms with Crippen molar-refractivity contribution in [2.75, 3.05) is 20.2 Å². The fourth-order valence-electron chi connectivity index (χ4n) is 3.30. The second-order valence-electron chi connectivity index (χ2n) is 7.19. The molecule has 2 heterocycles. The van der Waals surface area contributed by atoms with Crippen molar-refractivity contribution in [2.45, 2.75) is 23.9 Å². The Balaban J connectivity index is 1.48. The molecule has 0 unspecified atom stereocenters. The summed E-state index contributed by atoms with van der Waals surface area (Å²) in [5.41, 5.74) is 0.0534. The largest absolute Gasteiger partial charge is 0.496 e. The van der Waals surface area contributed by atoms with Crippen LogP contribution in [0.15, 0.2) is 51.9 Å². The molecule has 1 saturated heterocycles. The molecule has 2 aromatic carbocycles. The van der Waals surface area contributed by atoms with Gasteiger partial charge in [0, 0.05) is 18.7 Å². The van der Waals surface area contributed by atoms with E-state index >= 15 is 0 Å². The Morgan fingerprint density at radius 3 is 2.55 bits per heavy atom. The first-order chi connectivity index (χ1) is 14.6. The SMILES string of the molecule is COc1ccc(S(=O)(=O)N2CC(c3nc(-c4cccc(C(F)(F)F)c4)no3)C2)cc1C. The highest BCUT2D eigenvalue weighted by atomic mass is 32.2. The highest BCUT2D eigenvalue weighted by Gasteiger charge is 2.40. The van der Waals surface area contributed by atoms with Crippen LogP contribution < -0.4 is 4.74 Å². The number of ether oxygens (including phenoxy) is 1. The molecule has 1 aliphatic heterocycles. The number of rotatable bonds is 5. The fraction of sp³-hybridized carbons (Fsp3) is 0.300. The maximum Gasteiger partial charge on any atom is 0.416 e. The summed E-state index contributed by atoms with van der Waals surface area (Å²) in [6.07, 6.45) is -4.48. The number of sulfonamides is 1. The lowest BCUT2D eigenvalue weighted by Crippen LogP contribution is -2.48. The minimum absolute atomic E-state index is 0.0215. The normalized spacial score (nSPS) is 15.6. The highest BCUT2D eigenvalue weighted by molar-refractivity contribution is 7.89. The number of hydrogen-bond acceptors (Lipinski definition) is 6. The summed E-state index contributed by atoms with van der Waals surface area (Å²) in [7, 11) is -2.19. The first-order valence-electron chi connectivity index (χ1n) is 9.25. The number of aryl methyl sites for hydroxylation is 1. The van der Waals surface area contributed by atoms with Crippen LogP contribution in [0.1, 0.15) is 22.9 Å². The Hall–Kier alpha value is -2.92. The van der Waals surface area contributed by atoms with E-state index < -0.39 is 21.8 Å². The predicted octanol–water partition coefficient (Wildman–Crippen LogP) is 3.86. The molecule has 0 saturated carbocycles. The van der Waals surface area contributed by atoms with Crippen molar-refractivity contribution in [2.24, 2.45) is 0 Å². The van der Waals surface area contributed by atoms with E-state index in [1.54, 1.807) is 19.1 Å². The van der Waals surface area contributed by atoms with Gasteiger partial charge in [0.2, 0.25) is 21.7 Å². The molecular weight excluding hydrogens is 435 g/mol. The topological polar surface area (TPSA) is 85.5 Å². The molecule has 1 fully saturated rings. The molecule has 0 atom stereocenters. The molecule has 11 heteroatoms. The number of benzene rings is 2. The van der Waals surface area contributed by atoms with Crippen LogP contribution in [0.3, 0.4) is 0 Å². The van der Waals surface area contributed by atoms with Crippen LogP contribution in [0, 0.1) is 6.92 Å². The number of methoxy groups -OCH3 is 1. The first-order valence-corrected chi connectivity index (χ1v) is 10.7. The third kappa shape index (κ3) is 4.02. The van der Waals surface area contributed by atoms with Gasteiger partial charge in [-0.15, -0.1) is 0 Å². The van der Waals surface area contributed by atoms with Crippen molar-refractivity contribution >= 4 is 10.0 Å². The van der Waals surface area contributed by atoms with E-state index in [4.69, 9.17) is 9.26 Å². The summed E-state index contributed by atoms with van der Waals surface area (Å²) >= 11 is 0. The zero-order chi connectivity index (χ0) is 22.4. The molecule has 0 radical (unpaired) electrons. The Morgan fingerprint density at radius 1 is 1.16 bits per heavy atom. The van der Waals surface area contributed by atoms with Gasteiger partial charge in [-0.2, -0.15) is 22.5 Å². The van der Waals surface area contributed by atoms with E-state index in [1.165, 1.54) is 29.6 Å². The van der Waals surface area contributed by atoms with E-state index in [0.29, 0.717) is 11.3 Å². The smallest absolute Gasteiger partial charge is 0.416 e. The van der Waals surface area contributed by atoms with Gasteiger partial charge in [-0.05, 0) is 42.8 Å². The van der Waals surface area contributed by atoms with E-state index in [2.05, 4.69) is 10.1 Å². The molecular formula is C20H18F3N3O4S. The molecule has 0 spiro atoms. The number of nitrogens with zero attached hydrogens (tertiary/aromatic N) is 3. The van der Waals surface area contributed by atoms with Crippen LogP contribution in [-0.2, 0) is 16.2 Å². The first kappa shape index (κ1) is 21.3. The molecule has 3 aromatic rings. The Kier molecular flexibility index (Phi) is 5.26. The summed E-state index contributed by atoms with van der Waals surface area (Å²) in [6, 6.07) is 9.24. The number of hydrogen-bond donors (Lipinski definition) is 0. The van der Waals surface area contributed by atoms with Crippen LogP contribution in [-0.4, -0.2) is 43.1 Å². The van der Waals surface area contributed by atoms with Gasteiger partial charge in [0.05, 0.1) is 23.5 Å². The standard InChI is InChI=1S/C20H18F3N3O4S/c1-12-8-16(6-7-17(12)29-2)31(27,28)26-10-14(11-26)19-24-18(25-30-19)13-4-3-5-15(9-13)20(21,22)23/h3-9,14H,10-11H2,1-2H3. The number of aromatic nitrogens is 2. The van der Waals surface area contributed by atoms with Gasteiger partial charge in [0.25, 0.3) is 0 Å². The molecule has 0 N–H and O–H groups in total. The molecule has 1 aromatic heterocycles. The molecule has 31 heavy (non-hydrogen) atoms. The Labute approximate surface area is 176 Å². The average Bonchev–Trinajstić information content (AvgIpc) is 3.15. The van der Waals surface area contributed by atoms with Crippen LogP contribution in [0.25, 0.3) is 11.4 Å². The van der Waals surface area contributed by atoms with Crippen molar-refractivity contribution in [1.29, 1.82) is 0 Å². The van der Waals surface area contributed by atoms with Crippen molar-refractivity contribution in [3.05, 3.63) is 59.5 Å². The molecule has 0 aliphatic carbocycles. The molecule has 164 valence electrons. The van der Waals surface area contributed by atoms with Gasteiger partial charge in [0.1, 0.15) is 5.75 Å². The van der Waals surface area contributed by atoms with Gasteiger partial charge >= 0.3 is 6.18 Å². The summed E-state index contributed by atoms with van der Waals surface area (Å²) in [5.74, 6) is 0.465. The monoisotopic (exact) mass is 453 g/mol. The predicted molar refractivity (Wildman–Crippen MR) is 104 cm³/mol. The van der Waals surface area contributed by atoms with E-state index in [0.717, 1.165) is 12.1 Å². The molecule has 7 nitrogen and oxygen atoms in total. The molecule has 0 bridgehead atoms. The maximum absolute atomic E-state index is 12.9. The lowest BCUT2D eigenvalue weighted by atomic mass is 10.0. The fourth-order valence-corrected chi connectivity index (χ4v) is 4.92. The van der Waals surface area contributed by atoms with Crippen molar-refractivity contribution in [3.63, 3.8) is 0 Å². The maximum atomic E-state index is 12.9. The lowest BCUT2D eigenvalue weighted by molar-refractivity contribution is -0.137. The summed E-state index contributed by atoms with van der Waals surface area (Å²) in [4.78, 5) is 4.32. The quantitative estimate of drug-likeness (QED) is 0.583. The van der Waals surface area contributed by atoms with Gasteiger partial charge in [0.15, 0.2) is 0 Å².